The van der Waals surface area contributed by atoms with Crippen LogP contribution < -0.4 is 0 Å². The molecule has 0 saturated carbocycles. The van der Waals surface area contributed by atoms with Crippen LogP contribution in [-0.2, 0) is 4.79 Å². The molecule has 1 aliphatic heterocycles. The molecule has 1 aliphatic rings. The Bertz CT molecular complexity index is 198. The molecule has 54 valence electrons. The van der Waals surface area contributed by atoms with Gasteiger partial charge < -0.3 is 5.11 Å². The summed E-state index contributed by atoms with van der Waals surface area (Å²) in [5, 5.41) is 11.6. The second-order valence-electron chi connectivity index (χ2n) is 2.47. The van der Waals surface area contributed by atoms with E-state index in [0.717, 1.165) is 5.57 Å². The van der Waals surface area contributed by atoms with Gasteiger partial charge in [-0.1, -0.05) is 0 Å². The van der Waals surface area contributed by atoms with Gasteiger partial charge in [-0.15, -0.1) is 11.8 Å². The van der Waals surface area contributed by atoms with E-state index in [9.17, 15) is 4.79 Å². The quantitative estimate of drug-likeness (QED) is 0.627. The van der Waals surface area contributed by atoms with Gasteiger partial charge in [0.1, 0.15) is 5.41 Å². The van der Waals surface area contributed by atoms with Crippen molar-refractivity contribution in [2.75, 3.05) is 0 Å². The Hall–Kier alpha value is -0.440. The van der Waals surface area contributed by atoms with Gasteiger partial charge in [0.25, 0.3) is 0 Å². The van der Waals surface area contributed by atoms with E-state index < -0.39 is 11.4 Å². The van der Waals surface area contributed by atoms with Crippen LogP contribution >= 0.6 is 11.8 Å². The Morgan fingerprint density at radius 1 is 1.90 bits per heavy atom. The largest absolute Gasteiger partial charge is 0.481 e. The van der Waals surface area contributed by atoms with Crippen LogP contribution in [0.15, 0.2) is 5.57 Å². The summed E-state index contributed by atoms with van der Waals surface area (Å²) in [6, 6.07) is 0. The molecule has 0 aromatic rings. The maximum atomic E-state index is 10.6. The predicted molar refractivity (Wildman–Crippen MR) is 40.1 cm³/mol. The predicted octanol–water partition coefficient (Wildman–Crippen LogP) is 1.69. The third-order valence-electron chi connectivity index (χ3n) is 1.73. The van der Waals surface area contributed by atoms with Crippen LogP contribution in [0.2, 0.25) is 0 Å². The average molecular weight is 156 g/mol. The summed E-state index contributed by atoms with van der Waals surface area (Å²) >= 11 is 1.32. The number of hydrogen-bond acceptors (Lipinski definition) is 2. The van der Waals surface area contributed by atoms with E-state index in [2.05, 4.69) is 5.41 Å². The molecule has 1 heterocycles. The normalized spacial score (nSPS) is 32.0. The van der Waals surface area contributed by atoms with E-state index in [1.807, 2.05) is 0 Å². The van der Waals surface area contributed by atoms with Gasteiger partial charge in [-0.05, 0) is 19.4 Å². The molecule has 3 heteroatoms. The van der Waals surface area contributed by atoms with E-state index >= 15 is 0 Å². The first-order chi connectivity index (χ1) is 4.57. The third kappa shape index (κ3) is 0.944. The lowest BCUT2D eigenvalue weighted by molar-refractivity contribution is -0.143. The van der Waals surface area contributed by atoms with E-state index in [1.54, 1.807) is 19.6 Å². The lowest BCUT2D eigenvalue weighted by Gasteiger charge is -2.17. The van der Waals surface area contributed by atoms with Gasteiger partial charge in [0.2, 0.25) is 0 Å². The first kappa shape index (κ1) is 7.66. The minimum absolute atomic E-state index is 0.782. The number of thioether (sulfide) groups is 1. The lowest BCUT2D eigenvalue weighted by Crippen LogP contribution is -2.25. The second-order valence-corrected chi connectivity index (χ2v) is 3.15. The molecule has 1 atom stereocenters. The van der Waals surface area contributed by atoms with Gasteiger partial charge >= 0.3 is 5.97 Å². The highest BCUT2D eigenvalue weighted by Gasteiger charge is 2.38. The number of hydrogen-bond donors (Lipinski definition) is 1. The molecular formula is C7H8O2S. The van der Waals surface area contributed by atoms with E-state index in [0.29, 0.717) is 0 Å². The van der Waals surface area contributed by atoms with Crippen LogP contribution in [0.1, 0.15) is 13.8 Å². The Morgan fingerprint density at radius 3 is 2.70 bits per heavy atom. The van der Waals surface area contributed by atoms with Gasteiger partial charge in [-0.3, -0.25) is 4.79 Å². The number of rotatable bonds is 1. The Balaban J connectivity index is 2.89. The van der Waals surface area contributed by atoms with Crippen molar-refractivity contribution >= 4 is 17.7 Å². The molecule has 1 unspecified atom stereocenters. The van der Waals surface area contributed by atoms with Crippen LogP contribution in [0.25, 0.3) is 0 Å². The van der Waals surface area contributed by atoms with E-state index in [-0.39, 0.29) is 0 Å². The van der Waals surface area contributed by atoms with Gasteiger partial charge in [-0.2, -0.15) is 0 Å². The molecule has 0 saturated heterocycles. The Kier molecular flexibility index (Phi) is 1.77. The van der Waals surface area contributed by atoms with Gasteiger partial charge in [0.05, 0.1) is 0 Å². The van der Waals surface area contributed by atoms with Crippen molar-refractivity contribution in [1.82, 2.24) is 0 Å². The zero-order valence-electron chi connectivity index (χ0n) is 5.84. The number of carboxylic acids is 1. The monoisotopic (exact) mass is 156 g/mol. The minimum Gasteiger partial charge on any atom is -0.481 e. The van der Waals surface area contributed by atoms with Crippen molar-refractivity contribution in [1.29, 1.82) is 0 Å². The topological polar surface area (TPSA) is 37.3 Å². The molecular weight excluding hydrogens is 148 g/mol. The summed E-state index contributed by atoms with van der Waals surface area (Å²) < 4.78 is 0. The molecule has 0 amide bonds. The maximum absolute atomic E-state index is 10.6. The highest BCUT2D eigenvalue weighted by molar-refractivity contribution is 8.03. The highest BCUT2D eigenvalue weighted by Crippen LogP contribution is 2.42. The van der Waals surface area contributed by atoms with Gasteiger partial charge in [-0.25, -0.2) is 0 Å². The smallest absolute Gasteiger partial charge is 0.314 e. The fourth-order valence-electron chi connectivity index (χ4n) is 0.641. The molecule has 0 aromatic carbocycles. The minimum atomic E-state index is -0.803. The van der Waals surface area contributed by atoms with Crippen molar-refractivity contribution < 1.29 is 9.90 Å². The van der Waals surface area contributed by atoms with Crippen LogP contribution in [-0.4, -0.2) is 11.1 Å². The average Bonchev–Trinajstić information content (AvgIpc) is 2.15. The molecule has 0 spiro atoms. The summed E-state index contributed by atoms with van der Waals surface area (Å²) in [5.41, 5.74) is -0.00463. The standard InChI is InChI=1S/C7H8O2S/c1-5-3-10-4-7(5,2)6(8)9/h4H,1-2H3,(H,8,9). The van der Waals surface area contributed by atoms with Crippen LogP contribution in [0.5, 0.6) is 0 Å². The summed E-state index contributed by atoms with van der Waals surface area (Å²) in [7, 11) is 0. The third-order valence-corrected chi connectivity index (χ3v) is 2.74. The second kappa shape index (κ2) is 2.31. The van der Waals surface area contributed by atoms with E-state index in [1.165, 1.54) is 11.8 Å². The first-order valence-corrected chi connectivity index (χ1v) is 3.79. The molecule has 0 fully saturated rings. The zero-order valence-corrected chi connectivity index (χ0v) is 6.66. The van der Waals surface area contributed by atoms with Crippen LogP contribution in [0.4, 0.5) is 0 Å². The molecule has 1 rings (SSSR count). The number of carboxylic acid groups (broad SMARTS) is 1. The number of aliphatic carboxylic acids is 1. The fraction of sp³-hybridized carbons (Fsp3) is 0.429. The molecule has 1 N–H and O–H groups in total. The molecule has 0 bridgehead atoms. The fourth-order valence-corrected chi connectivity index (χ4v) is 1.60. The summed E-state index contributed by atoms with van der Waals surface area (Å²) in [6.45, 7) is 3.46. The first-order valence-electron chi connectivity index (χ1n) is 2.91. The molecule has 10 heavy (non-hydrogen) atoms. The molecule has 2 nitrogen and oxygen atoms in total. The molecule has 0 aromatic heterocycles. The van der Waals surface area contributed by atoms with Crippen molar-refractivity contribution in [3.05, 3.63) is 16.7 Å². The Morgan fingerprint density at radius 2 is 2.50 bits per heavy atom. The Labute approximate surface area is 64.3 Å². The lowest BCUT2D eigenvalue weighted by atomic mass is 9.86. The van der Waals surface area contributed by atoms with Crippen molar-refractivity contribution in [2.24, 2.45) is 5.41 Å². The van der Waals surface area contributed by atoms with Crippen molar-refractivity contribution in [3.8, 4) is 0 Å². The molecule has 0 aliphatic carbocycles. The van der Waals surface area contributed by atoms with Gasteiger partial charge in [0.15, 0.2) is 0 Å². The van der Waals surface area contributed by atoms with E-state index in [4.69, 9.17) is 5.11 Å². The summed E-state index contributed by atoms with van der Waals surface area (Å²) in [4.78, 5) is 10.6. The maximum Gasteiger partial charge on any atom is 0.314 e. The van der Waals surface area contributed by atoms with Crippen molar-refractivity contribution in [3.63, 3.8) is 0 Å². The van der Waals surface area contributed by atoms with Crippen LogP contribution in [0, 0.1) is 16.6 Å². The highest BCUT2D eigenvalue weighted by atomic mass is 32.2. The molecule has 2 radical (unpaired) electrons. The summed E-state index contributed by atoms with van der Waals surface area (Å²) in [6.07, 6.45) is 0. The van der Waals surface area contributed by atoms with Crippen LogP contribution in [0.3, 0.4) is 0 Å². The summed E-state index contributed by atoms with van der Waals surface area (Å²) in [5.74, 6) is 0.882. The van der Waals surface area contributed by atoms with Gasteiger partial charge in [0, 0.05) is 11.2 Å². The zero-order chi connectivity index (χ0) is 7.78. The number of carbonyl (C=O) groups is 1. The SMILES string of the molecule is CC1=[C]S[CH]C1(C)C(=O)O. The van der Waals surface area contributed by atoms with Crippen molar-refractivity contribution in [2.45, 2.75) is 13.8 Å².